The number of nitrogens with zero attached hydrogens (tertiary/aromatic N) is 1. The van der Waals surface area contributed by atoms with E-state index >= 15 is 0 Å². The molecule has 1 aliphatic rings. The number of ether oxygens (including phenoxy) is 1. The smallest absolute Gasteiger partial charge is 0.135 e. The molecule has 0 bridgehead atoms. The molecule has 0 radical (unpaired) electrons. The van der Waals surface area contributed by atoms with E-state index in [2.05, 4.69) is 92.7 Å². The molecule has 0 saturated heterocycles. The van der Waals surface area contributed by atoms with Crippen LogP contribution in [-0.4, -0.2) is 4.98 Å². The molecule has 0 fully saturated rings. The molecule has 160 valence electrons. The summed E-state index contributed by atoms with van der Waals surface area (Å²) >= 11 is 0. The van der Waals surface area contributed by atoms with E-state index in [4.69, 9.17) is 9.72 Å². The minimum Gasteiger partial charge on any atom is -0.456 e. The molecule has 33 heavy (non-hydrogen) atoms. The van der Waals surface area contributed by atoms with Crippen LogP contribution in [0.4, 0.5) is 0 Å². The molecule has 0 unspecified atom stereocenters. The predicted octanol–water partition coefficient (Wildman–Crippen LogP) is 8.54. The highest BCUT2D eigenvalue weighted by Gasteiger charge is 2.21. The maximum absolute atomic E-state index is 6.41. The fraction of sp³-hybridized carbons (Fsp3) is 0.129. The van der Waals surface area contributed by atoms with Crippen molar-refractivity contribution in [3.05, 3.63) is 103 Å². The monoisotopic (exact) mass is 427 g/mol. The Morgan fingerprint density at radius 1 is 0.697 bits per heavy atom. The van der Waals surface area contributed by atoms with E-state index in [-0.39, 0.29) is 0 Å². The number of aromatic nitrogens is 1. The van der Waals surface area contributed by atoms with Crippen LogP contribution in [0.2, 0.25) is 0 Å². The molecule has 5 aromatic rings. The zero-order valence-electron chi connectivity index (χ0n) is 18.9. The third kappa shape index (κ3) is 3.48. The van der Waals surface area contributed by atoms with Gasteiger partial charge in [-0.05, 0) is 70.8 Å². The Morgan fingerprint density at radius 3 is 2.24 bits per heavy atom. The summed E-state index contributed by atoms with van der Waals surface area (Å²) in [6, 6.07) is 32.1. The third-order valence-electron chi connectivity index (χ3n) is 6.34. The van der Waals surface area contributed by atoms with Crippen molar-refractivity contribution < 1.29 is 4.74 Å². The Morgan fingerprint density at radius 2 is 1.42 bits per heavy atom. The molecule has 6 rings (SSSR count). The molecular formula is C31H25NO. The average Bonchev–Trinajstić information content (AvgIpc) is 2.97. The predicted molar refractivity (Wildman–Crippen MR) is 137 cm³/mol. The van der Waals surface area contributed by atoms with E-state index in [1.165, 1.54) is 27.5 Å². The second-order valence-corrected chi connectivity index (χ2v) is 9.17. The molecule has 2 heterocycles. The normalized spacial score (nSPS) is 12.0. The van der Waals surface area contributed by atoms with Crippen molar-refractivity contribution in [2.24, 2.45) is 5.92 Å². The summed E-state index contributed by atoms with van der Waals surface area (Å²) in [5.74, 6) is 2.38. The first-order chi connectivity index (χ1) is 16.2. The maximum atomic E-state index is 6.41. The molecule has 2 nitrogen and oxygen atoms in total. The van der Waals surface area contributed by atoms with Gasteiger partial charge in [-0.2, -0.15) is 0 Å². The highest BCUT2D eigenvalue weighted by molar-refractivity contribution is 5.97. The van der Waals surface area contributed by atoms with Crippen molar-refractivity contribution in [2.45, 2.75) is 20.3 Å². The van der Waals surface area contributed by atoms with Crippen molar-refractivity contribution in [3.63, 3.8) is 0 Å². The van der Waals surface area contributed by atoms with Gasteiger partial charge >= 0.3 is 0 Å². The lowest BCUT2D eigenvalue weighted by atomic mass is 9.92. The van der Waals surface area contributed by atoms with Gasteiger partial charge in [-0.1, -0.05) is 68.4 Å². The van der Waals surface area contributed by atoms with Crippen molar-refractivity contribution in [1.82, 2.24) is 4.98 Å². The van der Waals surface area contributed by atoms with Crippen LogP contribution in [-0.2, 0) is 6.42 Å². The van der Waals surface area contributed by atoms with E-state index in [0.29, 0.717) is 5.92 Å². The van der Waals surface area contributed by atoms with Gasteiger partial charge < -0.3 is 4.74 Å². The van der Waals surface area contributed by atoms with Crippen molar-refractivity contribution in [2.75, 3.05) is 0 Å². The van der Waals surface area contributed by atoms with Crippen molar-refractivity contribution in [3.8, 4) is 45.0 Å². The van der Waals surface area contributed by atoms with Gasteiger partial charge in [0.25, 0.3) is 0 Å². The van der Waals surface area contributed by atoms with Crippen LogP contribution in [0.25, 0.3) is 44.3 Å². The van der Waals surface area contributed by atoms with E-state index in [1.54, 1.807) is 0 Å². The van der Waals surface area contributed by atoms with E-state index in [9.17, 15) is 0 Å². The standard InChI is InChI=1S/C31H25NO/c1-20(2)17-21-11-12-22-15-16-32-31(27(22)18-21)23-13-14-30-28(19-23)25-8-4-3-7-24(25)26-9-5-6-10-29(26)33-30/h3-16,18-20H,17H2,1-2H3. The SMILES string of the molecule is CC(C)Cc1ccc2ccnc(-c3ccc4c(c3)-c3ccccc3-c3ccccc3O4)c2c1. The minimum absolute atomic E-state index is 0.616. The van der Waals surface area contributed by atoms with Gasteiger partial charge in [0.2, 0.25) is 0 Å². The summed E-state index contributed by atoms with van der Waals surface area (Å²) in [4.78, 5) is 4.82. The quantitative estimate of drug-likeness (QED) is 0.282. The summed E-state index contributed by atoms with van der Waals surface area (Å²) in [5, 5.41) is 2.41. The first kappa shape index (κ1) is 19.8. The Labute approximate surface area is 194 Å². The van der Waals surface area contributed by atoms with Gasteiger partial charge in [-0.15, -0.1) is 0 Å². The Hall–Kier alpha value is -3.91. The Bertz CT molecular complexity index is 1500. The fourth-order valence-corrected chi connectivity index (χ4v) is 4.87. The van der Waals surface area contributed by atoms with Crippen LogP contribution in [0.5, 0.6) is 11.5 Å². The Balaban J connectivity index is 1.55. The van der Waals surface area contributed by atoms with Crippen molar-refractivity contribution in [1.29, 1.82) is 0 Å². The molecule has 0 aliphatic carbocycles. The molecule has 4 aromatic carbocycles. The second kappa shape index (κ2) is 7.90. The molecular weight excluding hydrogens is 402 g/mol. The summed E-state index contributed by atoms with van der Waals surface area (Å²) in [6.45, 7) is 4.52. The van der Waals surface area contributed by atoms with Crippen LogP contribution < -0.4 is 4.74 Å². The first-order valence-electron chi connectivity index (χ1n) is 11.6. The number of pyridine rings is 1. The van der Waals surface area contributed by atoms with Crippen molar-refractivity contribution >= 4 is 10.8 Å². The number of hydrogen-bond acceptors (Lipinski definition) is 2. The number of hydrogen-bond donors (Lipinski definition) is 0. The van der Waals surface area contributed by atoms with Crippen LogP contribution >= 0.6 is 0 Å². The first-order valence-corrected chi connectivity index (χ1v) is 11.6. The van der Waals surface area contributed by atoms with Gasteiger partial charge in [0, 0.05) is 28.3 Å². The molecule has 0 amide bonds. The Kier molecular flexibility index (Phi) is 4.73. The van der Waals surface area contributed by atoms with Gasteiger partial charge in [0.15, 0.2) is 0 Å². The van der Waals surface area contributed by atoms with E-state index in [0.717, 1.165) is 40.3 Å². The average molecular weight is 428 g/mol. The number of fused-ring (bicyclic) bond motifs is 6. The molecule has 1 aromatic heterocycles. The topological polar surface area (TPSA) is 22.1 Å². The van der Waals surface area contributed by atoms with Crippen LogP contribution in [0, 0.1) is 5.92 Å². The maximum Gasteiger partial charge on any atom is 0.135 e. The summed E-state index contributed by atoms with van der Waals surface area (Å²) in [6.07, 6.45) is 2.97. The molecule has 0 N–H and O–H groups in total. The highest BCUT2D eigenvalue weighted by Crippen LogP contribution is 2.47. The van der Waals surface area contributed by atoms with Gasteiger partial charge in [0.05, 0.1) is 5.69 Å². The second-order valence-electron chi connectivity index (χ2n) is 9.17. The molecule has 0 saturated carbocycles. The van der Waals surface area contributed by atoms with E-state index in [1.807, 2.05) is 18.3 Å². The molecule has 0 spiro atoms. The van der Waals surface area contributed by atoms with Crippen LogP contribution in [0.1, 0.15) is 19.4 Å². The molecule has 2 heteroatoms. The molecule has 1 aliphatic heterocycles. The number of para-hydroxylation sites is 1. The van der Waals surface area contributed by atoms with Crippen LogP contribution in [0.3, 0.4) is 0 Å². The van der Waals surface area contributed by atoms with E-state index < -0.39 is 0 Å². The molecule has 0 atom stereocenters. The highest BCUT2D eigenvalue weighted by atomic mass is 16.5. The fourth-order valence-electron chi connectivity index (χ4n) is 4.87. The third-order valence-corrected chi connectivity index (χ3v) is 6.34. The van der Waals surface area contributed by atoms with Gasteiger partial charge in [-0.25, -0.2) is 0 Å². The van der Waals surface area contributed by atoms with Gasteiger partial charge in [0.1, 0.15) is 11.5 Å². The minimum atomic E-state index is 0.616. The lowest BCUT2D eigenvalue weighted by Gasteiger charge is -2.13. The summed E-state index contributed by atoms with van der Waals surface area (Å²) in [7, 11) is 0. The zero-order valence-corrected chi connectivity index (χ0v) is 18.9. The summed E-state index contributed by atoms with van der Waals surface area (Å²) in [5.41, 5.74) is 8.05. The lowest BCUT2D eigenvalue weighted by molar-refractivity contribution is 0.488. The number of rotatable bonds is 3. The zero-order chi connectivity index (χ0) is 22.4. The van der Waals surface area contributed by atoms with Gasteiger partial charge in [-0.3, -0.25) is 4.98 Å². The lowest BCUT2D eigenvalue weighted by Crippen LogP contribution is -1.95. The van der Waals surface area contributed by atoms with Crippen LogP contribution in [0.15, 0.2) is 97.2 Å². The summed E-state index contributed by atoms with van der Waals surface area (Å²) < 4.78 is 6.41. The number of benzene rings is 4. The largest absolute Gasteiger partial charge is 0.456 e.